The normalized spacial score (nSPS) is 10.6. The minimum absolute atomic E-state index is 0.104. The van der Waals surface area contributed by atoms with Gasteiger partial charge in [-0.1, -0.05) is 5.11 Å². The van der Waals surface area contributed by atoms with Gasteiger partial charge < -0.3 is 10.1 Å². The molecule has 0 unspecified atom stereocenters. The number of anilines is 2. The van der Waals surface area contributed by atoms with Crippen LogP contribution in [0.1, 0.15) is 12.6 Å². The molecule has 9 nitrogen and oxygen atoms in total. The van der Waals surface area contributed by atoms with Crippen molar-refractivity contribution in [2.24, 2.45) is 5.11 Å². The van der Waals surface area contributed by atoms with Crippen LogP contribution in [-0.2, 0) is 0 Å². The molecule has 25 heavy (non-hydrogen) atoms. The molecule has 0 aliphatic heterocycles. The first-order chi connectivity index (χ1) is 12.0. The molecule has 0 bridgehead atoms. The molecule has 2 heterocycles. The zero-order chi connectivity index (χ0) is 18.0. The maximum Gasteiger partial charge on any atom is 0.337 e. The van der Waals surface area contributed by atoms with Crippen molar-refractivity contribution in [3.05, 3.63) is 46.0 Å². The van der Waals surface area contributed by atoms with Gasteiger partial charge in [0, 0.05) is 22.4 Å². The lowest BCUT2D eigenvalue weighted by molar-refractivity contribution is 0.313. The number of benzene rings is 1. The van der Waals surface area contributed by atoms with E-state index in [-0.39, 0.29) is 17.5 Å². The number of fused-ring (bicyclic) bond motifs is 1. The van der Waals surface area contributed by atoms with Crippen LogP contribution in [-0.4, -0.2) is 26.2 Å². The Bertz CT molecular complexity index is 973. The molecule has 3 aromatic rings. The third kappa shape index (κ3) is 3.26. The molecule has 0 aliphatic rings. The Balaban J connectivity index is 2.04. The molecular weight excluding hydrogens is 334 g/mol. The zero-order valence-electron chi connectivity index (χ0n) is 13.2. The van der Waals surface area contributed by atoms with Crippen LogP contribution in [0.15, 0.2) is 23.3 Å². The van der Waals surface area contributed by atoms with E-state index in [0.29, 0.717) is 18.1 Å². The number of nitrogens with one attached hydrogen (secondary N) is 1. The van der Waals surface area contributed by atoms with Crippen LogP contribution in [0.3, 0.4) is 0 Å². The molecule has 1 N–H and O–H groups in total. The molecular formula is C14H12F2N8O. The summed E-state index contributed by atoms with van der Waals surface area (Å²) in [6.45, 7) is 3.92. The highest BCUT2D eigenvalue weighted by atomic mass is 19.1. The largest absolute Gasteiger partial charge is 0.463 e. The van der Waals surface area contributed by atoms with Crippen molar-refractivity contribution in [1.82, 2.24) is 19.6 Å². The van der Waals surface area contributed by atoms with Crippen LogP contribution < -0.4 is 10.1 Å². The van der Waals surface area contributed by atoms with Crippen molar-refractivity contribution in [3.63, 3.8) is 0 Å². The molecule has 0 amide bonds. The van der Waals surface area contributed by atoms with Crippen molar-refractivity contribution in [2.75, 3.05) is 11.9 Å². The van der Waals surface area contributed by atoms with Gasteiger partial charge in [-0.05, 0) is 31.5 Å². The van der Waals surface area contributed by atoms with Crippen LogP contribution in [0.2, 0.25) is 0 Å². The van der Waals surface area contributed by atoms with Crippen LogP contribution in [0.5, 0.6) is 6.01 Å². The molecule has 0 radical (unpaired) electrons. The topological polar surface area (TPSA) is 113 Å². The predicted molar refractivity (Wildman–Crippen MR) is 85.1 cm³/mol. The number of hydrogen-bond acceptors (Lipinski definition) is 6. The SMILES string of the molecule is CCOc1nc2nc(C)cc(Nc3cc(F)c(N=[N+]=[N-])c(F)c3)n2n1. The molecule has 1 aromatic carbocycles. The van der Waals surface area contributed by atoms with E-state index in [1.807, 2.05) is 0 Å². The third-order valence-electron chi connectivity index (χ3n) is 3.13. The fraction of sp³-hybridized carbons (Fsp3) is 0.214. The Hall–Kier alpha value is -3.46. The van der Waals surface area contributed by atoms with Crippen molar-refractivity contribution in [1.29, 1.82) is 0 Å². The maximum atomic E-state index is 13.9. The van der Waals surface area contributed by atoms with Crippen molar-refractivity contribution < 1.29 is 13.5 Å². The number of nitrogens with zero attached hydrogens (tertiary/aromatic N) is 7. The van der Waals surface area contributed by atoms with Gasteiger partial charge in [0.1, 0.15) is 23.1 Å². The van der Waals surface area contributed by atoms with Crippen LogP contribution in [0.4, 0.5) is 26.0 Å². The zero-order valence-corrected chi connectivity index (χ0v) is 13.2. The molecule has 0 spiro atoms. The molecule has 0 saturated heterocycles. The molecule has 11 heteroatoms. The highest BCUT2D eigenvalue weighted by molar-refractivity contribution is 5.62. The van der Waals surface area contributed by atoms with E-state index >= 15 is 0 Å². The summed E-state index contributed by atoms with van der Waals surface area (Å²) in [5.41, 5.74) is 8.38. The first kappa shape index (κ1) is 16.4. The van der Waals surface area contributed by atoms with E-state index in [9.17, 15) is 8.78 Å². The van der Waals surface area contributed by atoms with Gasteiger partial charge in [-0.2, -0.15) is 9.50 Å². The van der Waals surface area contributed by atoms with Gasteiger partial charge in [-0.3, -0.25) is 0 Å². The Morgan fingerprint density at radius 3 is 2.64 bits per heavy atom. The lowest BCUT2D eigenvalue weighted by atomic mass is 10.2. The molecule has 0 saturated carbocycles. The smallest absolute Gasteiger partial charge is 0.337 e. The lowest BCUT2D eigenvalue weighted by Gasteiger charge is -2.10. The van der Waals surface area contributed by atoms with Gasteiger partial charge in [-0.25, -0.2) is 13.8 Å². The average Bonchev–Trinajstić information content (AvgIpc) is 2.94. The minimum Gasteiger partial charge on any atom is -0.463 e. The van der Waals surface area contributed by atoms with E-state index in [1.54, 1.807) is 19.9 Å². The first-order valence-corrected chi connectivity index (χ1v) is 7.20. The fourth-order valence-electron chi connectivity index (χ4n) is 2.17. The van der Waals surface area contributed by atoms with Gasteiger partial charge in [0.2, 0.25) is 0 Å². The molecule has 0 aliphatic carbocycles. The monoisotopic (exact) mass is 346 g/mol. The summed E-state index contributed by atoms with van der Waals surface area (Å²) >= 11 is 0. The summed E-state index contributed by atoms with van der Waals surface area (Å²) in [7, 11) is 0. The Labute approximate surface area is 139 Å². The van der Waals surface area contributed by atoms with Crippen molar-refractivity contribution in [3.8, 4) is 6.01 Å². The number of aromatic nitrogens is 4. The van der Waals surface area contributed by atoms with Crippen LogP contribution in [0.25, 0.3) is 16.2 Å². The number of ether oxygens (including phenoxy) is 1. The van der Waals surface area contributed by atoms with Crippen molar-refractivity contribution in [2.45, 2.75) is 13.8 Å². The second kappa shape index (κ2) is 6.57. The van der Waals surface area contributed by atoms with Crippen LogP contribution >= 0.6 is 0 Å². The summed E-state index contributed by atoms with van der Waals surface area (Å²) in [6, 6.07) is 3.79. The quantitative estimate of drug-likeness (QED) is 0.429. The van der Waals surface area contributed by atoms with Crippen LogP contribution in [0, 0.1) is 18.6 Å². The van der Waals surface area contributed by atoms with E-state index < -0.39 is 17.3 Å². The highest BCUT2D eigenvalue weighted by Gasteiger charge is 2.13. The minimum atomic E-state index is -0.990. The maximum absolute atomic E-state index is 13.9. The van der Waals surface area contributed by atoms with Gasteiger partial charge in [0.05, 0.1) is 6.61 Å². The Morgan fingerprint density at radius 2 is 2.00 bits per heavy atom. The second-order valence-corrected chi connectivity index (χ2v) is 4.92. The fourth-order valence-corrected chi connectivity index (χ4v) is 2.17. The van der Waals surface area contributed by atoms with E-state index in [0.717, 1.165) is 12.1 Å². The average molecular weight is 346 g/mol. The van der Waals surface area contributed by atoms with Crippen molar-refractivity contribution >= 4 is 23.0 Å². The molecule has 2 aromatic heterocycles. The Morgan fingerprint density at radius 1 is 1.28 bits per heavy atom. The first-order valence-electron chi connectivity index (χ1n) is 7.20. The van der Waals surface area contributed by atoms with Gasteiger partial charge in [0.15, 0.2) is 0 Å². The van der Waals surface area contributed by atoms with Gasteiger partial charge in [0.25, 0.3) is 5.78 Å². The Kier molecular flexibility index (Phi) is 4.31. The number of azide groups is 1. The summed E-state index contributed by atoms with van der Waals surface area (Å²) < 4.78 is 34.4. The summed E-state index contributed by atoms with van der Waals surface area (Å²) in [4.78, 5) is 10.7. The summed E-state index contributed by atoms with van der Waals surface area (Å²) in [5.74, 6) is -1.32. The second-order valence-electron chi connectivity index (χ2n) is 4.92. The van der Waals surface area contributed by atoms with E-state index in [2.05, 4.69) is 30.4 Å². The summed E-state index contributed by atoms with van der Waals surface area (Å²) in [5, 5.41) is 9.97. The number of aryl methyl sites for hydroxylation is 1. The highest BCUT2D eigenvalue weighted by Crippen LogP contribution is 2.28. The number of hydrogen-bond donors (Lipinski definition) is 1. The lowest BCUT2D eigenvalue weighted by Crippen LogP contribution is -2.03. The predicted octanol–water partition coefficient (Wildman–Crippen LogP) is 3.80. The van der Waals surface area contributed by atoms with Gasteiger partial charge >= 0.3 is 6.01 Å². The van der Waals surface area contributed by atoms with E-state index in [1.165, 1.54) is 4.52 Å². The third-order valence-corrected chi connectivity index (χ3v) is 3.13. The number of rotatable bonds is 5. The molecule has 3 rings (SSSR count). The summed E-state index contributed by atoms with van der Waals surface area (Å²) in [6.07, 6.45) is 0. The van der Waals surface area contributed by atoms with Gasteiger partial charge in [-0.15, -0.1) is 5.10 Å². The molecule has 0 atom stereocenters. The standard InChI is InChI=1S/C14H12F2N8O/c1-3-25-14-20-13-18-7(2)4-11(24(13)22-14)19-8-5-9(15)12(21-23-17)10(16)6-8/h4-6,19H,3H2,1-2H3. The molecule has 0 fully saturated rings. The molecule has 128 valence electrons. The number of halogens is 2. The van der Waals surface area contributed by atoms with E-state index in [4.69, 9.17) is 10.3 Å².